The predicted molar refractivity (Wildman–Crippen MR) is 141 cm³/mol. The lowest BCUT2D eigenvalue weighted by Crippen LogP contribution is -2.28. The number of amides is 2. The molecular formula is C27H24N6O2S. The second-order valence-electron chi connectivity index (χ2n) is 8.39. The molecule has 36 heavy (non-hydrogen) atoms. The minimum absolute atomic E-state index is 0.131. The van der Waals surface area contributed by atoms with Gasteiger partial charge in [-0.3, -0.25) is 19.3 Å². The van der Waals surface area contributed by atoms with Crippen molar-refractivity contribution < 1.29 is 9.59 Å². The molecule has 0 saturated carbocycles. The van der Waals surface area contributed by atoms with Crippen LogP contribution in [0.25, 0.3) is 22.0 Å². The first-order valence-corrected chi connectivity index (χ1v) is 12.4. The Balaban J connectivity index is 1.32. The number of aryl methyl sites for hydroxylation is 1. The van der Waals surface area contributed by atoms with Crippen LogP contribution in [0.1, 0.15) is 45.1 Å². The summed E-state index contributed by atoms with van der Waals surface area (Å²) in [5.41, 5.74) is 3.79. The zero-order valence-corrected chi connectivity index (χ0v) is 20.6. The van der Waals surface area contributed by atoms with Crippen LogP contribution in [0, 0.1) is 0 Å². The highest BCUT2D eigenvalue weighted by Gasteiger charge is 2.17. The highest BCUT2D eigenvalue weighted by Crippen LogP contribution is 2.27. The lowest BCUT2D eigenvalue weighted by Gasteiger charge is -2.18. The second kappa shape index (κ2) is 10.1. The number of aromatic nitrogens is 4. The Morgan fingerprint density at radius 3 is 2.75 bits per heavy atom. The Hall–Kier alpha value is -4.37. The highest BCUT2D eigenvalue weighted by molar-refractivity contribution is 7.12. The van der Waals surface area contributed by atoms with Crippen molar-refractivity contribution in [2.45, 2.75) is 19.4 Å². The SMILES string of the molecule is CCC(NC(=O)c1ccc2cnccc2c1)c1cccc(-c2csc(C(=O)Nc3cnn(C)c3)n2)c1. The summed E-state index contributed by atoms with van der Waals surface area (Å²) in [6, 6.07) is 15.2. The summed E-state index contributed by atoms with van der Waals surface area (Å²) in [6.45, 7) is 2.04. The zero-order chi connectivity index (χ0) is 25.1. The largest absolute Gasteiger partial charge is 0.345 e. The molecule has 1 atom stereocenters. The number of benzene rings is 2. The molecule has 0 fully saturated rings. The lowest BCUT2D eigenvalue weighted by atomic mass is 10.00. The number of anilines is 1. The second-order valence-corrected chi connectivity index (χ2v) is 9.25. The van der Waals surface area contributed by atoms with Gasteiger partial charge >= 0.3 is 0 Å². The molecule has 2 amide bonds. The highest BCUT2D eigenvalue weighted by atomic mass is 32.1. The number of hydrogen-bond donors (Lipinski definition) is 2. The average molecular weight is 497 g/mol. The molecule has 180 valence electrons. The molecule has 3 heterocycles. The van der Waals surface area contributed by atoms with Gasteiger partial charge < -0.3 is 10.6 Å². The topological polar surface area (TPSA) is 102 Å². The van der Waals surface area contributed by atoms with E-state index in [0.29, 0.717) is 22.0 Å². The van der Waals surface area contributed by atoms with E-state index in [-0.39, 0.29) is 17.9 Å². The fourth-order valence-corrected chi connectivity index (χ4v) is 4.70. The summed E-state index contributed by atoms with van der Waals surface area (Å²) in [4.78, 5) is 34.3. The van der Waals surface area contributed by atoms with E-state index >= 15 is 0 Å². The van der Waals surface area contributed by atoms with Crippen LogP contribution in [0.5, 0.6) is 0 Å². The summed E-state index contributed by atoms with van der Waals surface area (Å²) >= 11 is 1.28. The summed E-state index contributed by atoms with van der Waals surface area (Å²) in [5, 5.41) is 14.2. The number of thiazole rings is 1. The molecule has 0 bridgehead atoms. The molecule has 8 nitrogen and oxygen atoms in total. The number of nitrogens with one attached hydrogen (secondary N) is 2. The minimum Gasteiger partial charge on any atom is -0.345 e. The van der Waals surface area contributed by atoms with Gasteiger partial charge in [-0.2, -0.15) is 5.10 Å². The van der Waals surface area contributed by atoms with Crippen LogP contribution in [-0.4, -0.2) is 31.6 Å². The van der Waals surface area contributed by atoms with Crippen molar-refractivity contribution in [3.05, 3.63) is 94.8 Å². The van der Waals surface area contributed by atoms with Crippen LogP contribution in [0.4, 0.5) is 5.69 Å². The van der Waals surface area contributed by atoms with Crippen molar-refractivity contribution in [2.24, 2.45) is 7.05 Å². The van der Waals surface area contributed by atoms with E-state index in [2.05, 4.69) is 25.7 Å². The number of fused-ring (bicyclic) bond motifs is 1. The van der Waals surface area contributed by atoms with E-state index in [0.717, 1.165) is 28.3 Å². The molecule has 1 unspecified atom stereocenters. The summed E-state index contributed by atoms with van der Waals surface area (Å²) in [5.74, 6) is -0.408. The van der Waals surface area contributed by atoms with Crippen LogP contribution in [0.2, 0.25) is 0 Å². The van der Waals surface area contributed by atoms with E-state index in [1.54, 1.807) is 36.5 Å². The van der Waals surface area contributed by atoms with Crippen LogP contribution < -0.4 is 10.6 Å². The molecule has 0 radical (unpaired) electrons. The number of nitrogens with zero attached hydrogens (tertiary/aromatic N) is 4. The Kier molecular flexibility index (Phi) is 6.55. The van der Waals surface area contributed by atoms with E-state index in [1.165, 1.54) is 11.3 Å². The van der Waals surface area contributed by atoms with Crippen molar-refractivity contribution in [3.8, 4) is 11.3 Å². The molecule has 9 heteroatoms. The van der Waals surface area contributed by atoms with Crippen LogP contribution in [0.3, 0.4) is 0 Å². The van der Waals surface area contributed by atoms with E-state index in [1.807, 2.05) is 60.8 Å². The standard InChI is InChI=1S/C27H24N6O2S/c1-3-23(31-25(34)20-7-8-21-13-28-10-9-17(21)11-20)18-5-4-6-19(12-18)24-16-36-27(32-24)26(35)30-22-14-29-33(2)15-22/h4-16,23H,3H2,1-2H3,(H,30,35)(H,31,34). The van der Waals surface area contributed by atoms with Gasteiger partial charge in [-0.1, -0.05) is 31.2 Å². The maximum Gasteiger partial charge on any atom is 0.284 e. The Morgan fingerprint density at radius 2 is 1.94 bits per heavy atom. The number of carbonyl (C=O) groups is 2. The molecular weight excluding hydrogens is 472 g/mol. The van der Waals surface area contributed by atoms with Gasteiger partial charge in [-0.15, -0.1) is 11.3 Å². The summed E-state index contributed by atoms with van der Waals surface area (Å²) in [7, 11) is 1.79. The monoisotopic (exact) mass is 496 g/mol. The first kappa shape index (κ1) is 23.4. The fraction of sp³-hybridized carbons (Fsp3) is 0.148. The van der Waals surface area contributed by atoms with E-state index < -0.39 is 0 Å². The van der Waals surface area contributed by atoms with Crippen molar-refractivity contribution in [1.82, 2.24) is 25.1 Å². The third-order valence-electron chi connectivity index (χ3n) is 5.86. The number of hydrogen-bond acceptors (Lipinski definition) is 6. The van der Waals surface area contributed by atoms with Crippen molar-refractivity contribution in [1.29, 1.82) is 0 Å². The zero-order valence-electron chi connectivity index (χ0n) is 19.8. The van der Waals surface area contributed by atoms with Crippen molar-refractivity contribution in [2.75, 3.05) is 5.32 Å². The summed E-state index contributed by atoms with van der Waals surface area (Å²) < 4.78 is 1.62. The fourth-order valence-electron chi connectivity index (χ4n) is 3.98. The smallest absolute Gasteiger partial charge is 0.284 e. The quantitative estimate of drug-likeness (QED) is 0.321. The van der Waals surface area contributed by atoms with Crippen LogP contribution in [-0.2, 0) is 7.05 Å². The van der Waals surface area contributed by atoms with Gasteiger partial charge in [-0.05, 0) is 41.6 Å². The van der Waals surface area contributed by atoms with Gasteiger partial charge in [0.05, 0.1) is 23.6 Å². The molecule has 5 aromatic rings. The molecule has 0 aliphatic carbocycles. The number of rotatable bonds is 7. The van der Waals surface area contributed by atoms with Gasteiger partial charge in [0, 0.05) is 47.5 Å². The Labute approximate surface area is 212 Å². The normalized spacial score (nSPS) is 11.8. The van der Waals surface area contributed by atoms with Crippen LogP contribution >= 0.6 is 11.3 Å². The van der Waals surface area contributed by atoms with Crippen molar-refractivity contribution in [3.63, 3.8) is 0 Å². The third-order valence-corrected chi connectivity index (χ3v) is 6.70. The van der Waals surface area contributed by atoms with E-state index in [4.69, 9.17) is 0 Å². The maximum absolute atomic E-state index is 13.0. The maximum atomic E-state index is 13.0. The average Bonchev–Trinajstić information content (AvgIpc) is 3.56. The van der Waals surface area contributed by atoms with Gasteiger partial charge in [-0.25, -0.2) is 4.98 Å². The molecule has 2 aromatic carbocycles. The van der Waals surface area contributed by atoms with Crippen molar-refractivity contribution >= 4 is 39.6 Å². The van der Waals surface area contributed by atoms with Gasteiger partial charge in [0.2, 0.25) is 0 Å². The predicted octanol–water partition coefficient (Wildman–Crippen LogP) is 5.23. The van der Waals surface area contributed by atoms with Gasteiger partial charge in [0.25, 0.3) is 11.8 Å². The lowest BCUT2D eigenvalue weighted by molar-refractivity contribution is 0.0935. The minimum atomic E-state index is -0.278. The number of carbonyl (C=O) groups excluding carboxylic acids is 2. The first-order chi connectivity index (χ1) is 17.5. The molecule has 3 aromatic heterocycles. The van der Waals surface area contributed by atoms with Crippen LogP contribution in [0.15, 0.2) is 78.7 Å². The molecule has 0 aliphatic heterocycles. The molecule has 0 saturated heterocycles. The molecule has 0 aliphatic rings. The third kappa shape index (κ3) is 5.01. The van der Waals surface area contributed by atoms with E-state index in [9.17, 15) is 9.59 Å². The molecule has 2 N–H and O–H groups in total. The number of pyridine rings is 1. The molecule has 5 rings (SSSR count). The van der Waals surface area contributed by atoms with Gasteiger partial charge in [0.1, 0.15) is 0 Å². The Morgan fingerprint density at radius 1 is 1.06 bits per heavy atom. The van der Waals surface area contributed by atoms with Gasteiger partial charge in [0.15, 0.2) is 5.01 Å². The Bertz CT molecular complexity index is 1560. The first-order valence-electron chi connectivity index (χ1n) is 11.5. The molecule has 0 spiro atoms. The summed E-state index contributed by atoms with van der Waals surface area (Å²) in [6.07, 6.45) is 7.54.